The Kier molecular flexibility index (Phi) is 6.91. The Morgan fingerprint density at radius 1 is 1.07 bits per heavy atom. The zero-order chi connectivity index (χ0) is 20.4. The van der Waals surface area contributed by atoms with Crippen molar-refractivity contribution in [3.05, 3.63) is 69.9 Å². The molecule has 1 saturated heterocycles. The first kappa shape index (κ1) is 22.0. The number of anilines is 1. The van der Waals surface area contributed by atoms with Gasteiger partial charge in [-0.05, 0) is 37.5 Å². The van der Waals surface area contributed by atoms with E-state index >= 15 is 0 Å². The lowest BCUT2D eigenvalue weighted by Crippen LogP contribution is -3.00. The van der Waals surface area contributed by atoms with Crippen LogP contribution < -0.4 is 33.4 Å². The number of nitro groups is 1. The van der Waals surface area contributed by atoms with Gasteiger partial charge < -0.3 is 34.0 Å². The third-order valence-corrected chi connectivity index (χ3v) is 5.57. The maximum absolute atomic E-state index is 11.0. The van der Waals surface area contributed by atoms with E-state index in [-0.39, 0.29) is 35.4 Å². The van der Waals surface area contributed by atoms with Crippen LogP contribution in [0, 0.1) is 10.1 Å². The van der Waals surface area contributed by atoms with E-state index in [1.807, 2.05) is 19.2 Å². The highest BCUT2D eigenvalue weighted by Gasteiger charge is 2.20. The molecule has 2 heterocycles. The molecule has 1 aliphatic rings. The smallest absolute Gasteiger partial charge is 0.270 e. The van der Waals surface area contributed by atoms with Gasteiger partial charge in [-0.2, -0.15) is 4.57 Å². The molecule has 7 heteroatoms. The molecule has 1 aromatic heterocycles. The van der Waals surface area contributed by atoms with Crippen molar-refractivity contribution in [1.82, 2.24) is 0 Å². The number of rotatable bonds is 4. The summed E-state index contributed by atoms with van der Waals surface area (Å²) in [6.45, 7) is 2.10. The number of benzene rings is 2. The standard InChI is InChI=1S/C23H23N3O3.HI/c1-24-18(10-9-17-15-19(26(28)29)11-12-23(17)27)16-22(25-13-5-2-6-14-25)20-7-3-4-8-21(20)24;/h3-4,7-12,15-16H,2,5-6,13-14H2,1H3;1H. The lowest BCUT2D eigenvalue weighted by Gasteiger charge is -2.29. The Morgan fingerprint density at radius 2 is 1.80 bits per heavy atom. The Hall–Kier alpha value is -2.68. The second-order valence-electron chi connectivity index (χ2n) is 7.41. The van der Waals surface area contributed by atoms with E-state index in [2.05, 4.69) is 33.7 Å². The van der Waals surface area contributed by atoms with Crippen molar-refractivity contribution >= 4 is 34.4 Å². The van der Waals surface area contributed by atoms with Crippen LogP contribution in [0.15, 0.2) is 48.5 Å². The molecule has 1 N–H and O–H groups in total. The number of aromatic hydroxyl groups is 1. The maximum atomic E-state index is 11.0. The number of hydrogen-bond donors (Lipinski definition) is 1. The topological polar surface area (TPSA) is 70.5 Å². The summed E-state index contributed by atoms with van der Waals surface area (Å²) in [5, 5.41) is 22.4. The molecule has 0 unspecified atom stereocenters. The lowest BCUT2D eigenvalue weighted by atomic mass is 10.1. The van der Waals surface area contributed by atoms with Gasteiger partial charge in [0.05, 0.1) is 16.0 Å². The molecular weight excluding hydrogens is 493 g/mol. The van der Waals surface area contributed by atoms with Gasteiger partial charge in [-0.3, -0.25) is 10.1 Å². The van der Waals surface area contributed by atoms with Crippen LogP contribution in [0.3, 0.4) is 0 Å². The van der Waals surface area contributed by atoms with E-state index < -0.39 is 4.92 Å². The van der Waals surface area contributed by atoms with Crippen molar-refractivity contribution in [3.63, 3.8) is 0 Å². The third kappa shape index (κ3) is 4.40. The first-order valence-electron chi connectivity index (χ1n) is 9.87. The van der Waals surface area contributed by atoms with Crippen LogP contribution in [0.2, 0.25) is 0 Å². The summed E-state index contributed by atoms with van der Waals surface area (Å²) in [5.74, 6) is 0.0200. The van der Waals surface area contributed by atoms with Crippen LogP contribution in [-0.2, 0) is 7.05 Å². The lowest BCUT2D eigenvalue weighted by molar-refractivity contribution is -0.646. The van der Waals surface area contributed by atoms with Gasteiger partial charge in [0.15, 0.2) is 0 Å². The summed E-state index contributed by atoms with van der Waals surface area (Å²) in [6.07, 6.45) is 7.29. The number of phenols is 1. The number of phenolic OH excluding ortho intramolecular Hbond substituents is 1. The first-order valence-corrected chi connectivity index (χ1v) is 9.87. The van der Waals surface area contributed by atoms with Gasteiger partial charge >= 0.3 is 0 Å². The van der Waals surface area contributed by atoms with Gasteiger partial charge in [0.2, 0.25) is 11.2 Å². The molecule has 0 saturated carbocycles. The van der Waals surface area contributed by atoms with E-state index in [4.69, 9.17) is 0 Å². The van der Waals surface area contributed by atoms with Gasteiger partial charge in [0, 0.05) is 49.0 Å². The molecule has 0 aliphatic carbocycles. The van der Waals surface area contributed by atoms with E-state index in [9.17, 15) is 15.2 Å². The molecule has 30 heavy (non-hydrogen) atoms. The van der Waals surface area contributed by atoms with E-state index in [0.717, 1.165) is 24.3 Å². The summed E-state index contributed by atoms with van der Waals surface area (Å²) >= 11 is 0. The maximum Gasteiger partial charge on any atom is 0.270 e. The molecule has 0 bridgehead atoms. The second kappa shape index (κ2) is 9.42. The van der Waals surface area contributed by atoms with Crippen LogP contribution in [0.1, 0.15) is 30.5 Å². The predicted octanol–water partition coefficient (Wildman–Crippen LogP) is 1.44. The molecule has 4 rings (SSSR count). The van der Waals surface area contributed by atoms with Crippen molar-refractivity contribution in [3.8, 4) is 5.75 Å². The minimum absolute atomic E-state index is 0. The van der Waals surface area contributed by atoms with Crippen LogP contribution in [0.5, 0.6) is 5.75 Å². The molecule has 2 aromatic carbocycles. The fourth-order valence-corrected chi connectivity index (χ4v) is 3.96. The monoisotopic (exact) mass is 517 g/mol. The highest BCUT2D eigenvalue weighted by atomic mass is 127. The average molecular weight is 517 g/mol. The quantitative estimate of drug-likeness (QED) is 0.246. The normalized spacial score (nSPS) is 14.1. The molecule has 0 atom stereocenters. The minimum atomic E-state index is -0.457. The fourth-order valence-electron chi connectivity index (χ4n) is 3.96. The Morgan fingerprint density at radius 3 is 2.53 bits per heavy atom. The SMILES string of the molecule is C[n+]1c(/C=C/c2cc([N+](=O)[O-])ccc2O)cc(N2CCCCC2)c2ccccc21.[I-]. The van der Waals surface area contributed by atoms with Gasteiger partial charge in [-0.25, -0.2) is 0 Å². The minimum Gasteiger partial charge on any atom is -1.00 e. The van der Waals surface area contributed by atoms with Crippen molar-refractivity contribution in [2.75, 3.05) is 18.0 Å². The van der Waals surface area contributed by atoms with Gasteiger partial charge in [-0.1, -0.05) is 12.1 Å². The molecule has 0 radical (unpaired) electrons. The summed E-state index contributed by atoms with van der Waals surface area (Å²) in [7, 11) is 2.01. The number of fused-ring (bicyclic) bond motifs is 1. The average Bonchev–Trinajstić information content (AvgIpc) is 2.75. The van der Waals surface area contributed by atoms with Crippen molar-refractivity contribution in [2.45, 2.75) is 19.3 Å². The number of halogens is 1. The summed E-state index contributed by atoms with van der Waals surface area (Å²) in [5.41, 5.74) is 3.68. The predicted molar refractivity (Wildman–Crippen MR) is 115 cm³/mol. The zero-order valence-corrected chi connectivity index (χ0v) is 18.9. The van der Waals surface area contributed by atoms with E-state index in [1.54, 1.807) is 6.08 Å². The van der Waals surface area contributed by atoms with E-state index in [0.29, 0.717) is 5.56 Å². The number of aromatic nitrogens is 1. The highest BCUT2D eigenvalue weighted by Crippen LogP contribution is 2.30. The molecule has 0 spiro atoms. The van der Waals surface area contributed by atoms with Crippen LogP contribution in [-0.4, -0.2) is 23.1 Å². The first-order chi connectivity index (χ1) is 14.0. The number of piperidine rings is 1. The molecule has 3 aromatic rings. The number of pyridine rings is 1. The summed E-state index contributed by atoms with van der Waals surface area (Å²) in [4.78, 5) is 13.0. The Balaban J connectivity index is 0.00000256. The van der Waals surface area contributed by atoms with Crippen LogP contribution >= 0.6 is 0 Å². The fraction of sp³-hybridized carbons (Fsp3) is 0.261. The van der Waals surface area contributed by atoms with E-state index in [1.165, 1.54) is 48.5 Å². The number of para-hydroxylation sites is 1. The number of aryl methyl sites for hydroxylation is 1. The summed E-state index contributed by atoms with van der Waals surface area (Å²) < 4.78 is 2.10. The van der Waals surface area contributed by atoms with Crippen LogP contribution in [0.4, 0.5) is 11.4 Å². The van der Waals surface area contributed by atoms with Crippen molar-refractivity contribution in [1.29, 1.82) is 0 Å². The largest absolute Gasteiger partial charge is 1.00 e. The second-order valence-corrected chi connectivity index (χ2v) is 7.41. The number of hydrogen-bond acceptors (Lipinski definition) is 4. The third-order valence-electron chi connectivity index (χ3n) is 5.57. The number of nitrogens with zero attached hydrogens (tertiary/aromatic N) is 3. The van der Waals surface area contributed by atoms with Crippen LogP contribution in [0.25, 0.3) is 23.1 Å². The van der Waals surface area contributed by atoms with Gasteiger partial charge in [0.1, 0.15) is 12.8 Å². The Bertz CT molecular complexity index is 1110. The van der Waals surface area contributed by atoms with Crippen molar-refractivity contribution < 1.29 is 38.6 Å². The van der Waals surface area contributed by atoms with Gasteiger partial charge in [0.25, 0.3) is 5.69 Å². The zero-order valence-electron chi connectivity index (χ0n) is 16.8. The van der Waals surface area contributed by atoms with Gasteiger partial charge in [-0.15, -0.1) is 0 Å². The highest BCUT2D eigenvalue weighted by molar-refractivity contribution is 5.91. The molecule has 1 fully saturated rings. The number of non-ortho nitro benzene ring substituents is 1. The molecular formula is C23H24IN3O3. The summed E-state index contributed by atoms with van der Waals surface area (Å²) in [6, 6.07) is 14.6. The molecule has 156 valence electrons. The molecule has 1 aliphatic heterocycles. The molecule has 6 nitrogen and oxygen atoms in total. The number of nitro benzene ring substituents is 1. The van der Waals surface area contributed by atoms with Crippen molar-refractivity contribution in [2.24, 2.45) is 7.05 Å². The Labute approximate surface area is 192 Å². The molecule has 0 amide bonds.